The molecule has 2 amide bonds. The molecule has 0 spiro atoms. The van der Waals surface area contributed by atoms with E-state index >= 15 is 0 Å². The summed E-state index contributed by atoms with van der Waals surface area (Å²) < 4.78 is 0. The van der Waals surface area contributed by atoms with Crippen LogP contribution in [-0.2, 0) is 4.79 Å². The van der Waals surface area contributed by atoms with Gasteiger partial charge in [-0.15, -0.1) is 11.3 Å². The van der Waals surface area contributed by atoms with Crippen molar-refractivity contribution in [1.82, 2.24) is 15.2 Å². The fraction of sp³-hybridized carbons (Fsp3) is 0.737. The highest BCUT2D eigenvalue weighted by Gasteiger charge is 2.37. The first kappa shape index (κ1) is 18.7. The number of hydrogen-bond donors (Lipinski definition) is 2. The van der Waals surface area contributed by atoms with Crippen molar-refractivity contribution in [1.29, 1.82) is 0 Å². The van der Waals surface area contributed by atoms with Gasteiger partial charge in [0.05, 0.1) is 12.1 Å². The van der Waals surface area contributed by atoms with Gasteiger partial charge < -0.3 is 20.2 Å². The van der Waals surface area contributed by atoms with Crippen molar-refractivity contribution in [2.45, 2.75) is 57.1 Å². The summed E-state index contributed by atoms with van der Waals surface area (Å²) in [6.45, 7) is 2.58. The van der Waals surface area contributed by atoms with E-state index in [1.807, 2.05) is 5.38 Å². The van der Waals surface area contributed by atoms with Gasteiger partial charge in [-0.3, -0.25) is 9.59 Å². The molecule has 2 N–H and O–H groups in total. The number of thiazole rings is 1. The number of piperidine rings is 1. The van der Waals surface area contributed by atoms with Crippen LogP contribution in [0.4, 0.5) is 5.13 Å². The van der Waals surface area contributed by atoms with E-state index in [2.05, 4.69) is 15.2 Å². The second kappa shape index (κ2) is 8.14. The highest BCUT2D eigenvalue weighted by Crippen LogP contribution is 2.27. The average Bonchev–Trinajstić information content (AvgIpc) is 3.44. The van der Waals surface area contributed by atoms with Gasteiger partial charge in [0, 0.05) is 37.5 Å². The molecule has 0 aromatic carbocycles. The number of nitrogens with one attached hydrogen (secondary N) is 1. The predicted molar refractivity (Wildman–Crippen MR) is 104 cm³/mol. The van der Waals surface area contributed by atoms with Gasteiger partial charge in [-0.2, -0.15) is 0 Å². The number of hydrogen-bond acceptors (Lipinski definition) is 6. The first-order valence-electron chi connectivity index (χ1n) is 10.1. The molecule has 148 valence electrons. The Morgan fingerprint density at radius 2 is 1.85 bits per heavy atom. The van der Waals surface area contributed by atoms with E-state index in [-0.39, 0.29) is 30.3 Å². The summed E-state index contributed by atoms with van der Waals surface area (Å²) in [7, 11) is 0. The second-order valence-electron chi connectivity index (χ2n) is 7.94. The number of carbonyl (C=O) groups excluding carboxylic acids is 2. The van der Waals surface area contributed by atoms with Crippen LogP contribution in [0, 0.1) is 5.92 Å². The van der Waals surface area contributed by atoms with Gasteiger partial charge in [-0.25, -0.2) is 4.98 Å². The molecular weight excluding hydrogens is 364 g/mol. The van der Waals surface area contributed by atoms with Gasteiger partial charge in [-0.05, 0) is 32.1 Å². The van der Waals surface area contributed by atoms with Crippen molar-refractivity contribution in [3.8, 4) is 0 Å². The van der Waals surface area contributed by atoms with E-state index in [0.717, 1.165) is 43.9 Å². The van der Waals surface area contributed by atoms with Crippen molar-refractivity contribution < 1.29 is 14.7 Å². The Bertz CT molecular complexity index is 682. The summed E-state index contributed by atoms with van der Waals surface area (Å²) in [4.78, 5) is 33.5. The number of carbonyl (C=O) groups is 2. The molecule has 4 rings (SSSR count). The maximum atomic E-state index is 12.8. The molecule has 3 heterocycles. The molecule has 0 radical (unpaired) electrons. The molecule has 27 heavy (non-hydrogen) atoms. The molecule has 1 aromatic heterocycles. The van der Waals surface area contributed by atoms with Crippen molar-refractivity contribution in [2.75, 3.05) is 31.1 Å². The van der Waals surface area contributed by atoms with Crippen LogP contribution in [0.25, 0.3) is 0 Å². The van der Waals surface area contributed by atoms with Gasteiger partial charge in [0.15, 0.2) is 5.13 Å². The number of likely N-dealkylation sites (tertiary alicyclic amines) is 1. The third-order valence-corrected chi connectivity index (χ3v) is 6.87. The minimum Gasteiger partial charge on any atom is -0.389 e. The first-order valence-corrected chi connectivity index (χ1v) is 11.0. The third kappa shape index (κ3) is 4.11. The van der Waals surface area contributed by atoms with Gasteiger partial charge in [0.2, 0.25) is 5.91 Å². The minimum atomic E-state index is -0.723. The van der Waals surface area contributed by atoms with Crippen molar-refractivity contribution >= 4 is 28.3 Å². The lowest BCUT2D eigenvalue weighted by atomic mass is 10.1. The Labute approximate surface area is 163 Å². The lowest BCUT2D eigenvalue weighted by Crippen LogP contribution is -2.45. The minimum absolute atomic E-state index is 0.0203. The number of aliphatic hydroxyl groups is 1. The Balaban J connectivity index is 1.35. The van der Waals surface area contributed by atoms with Crippen molar-refractivity contribution in [3.63, 3.8) is 0 Å². The maximum absolute atomic E-state index is 12.8. The zero-order valence-electron chi connectivity index (χ0n) is 15.6. The summed E-state index contributed by atoms with van der Waals surface area (Å²) in [6, 6.07) is -0.387. The number of amides is 2. The zero-order chi connectivity index (χ0) is 18.8. The monoisotopic (exact) mass is 392 g/mol. The van der Waals surface area contributed by atoms with Crippen molar-refractivity contribution in [3.05, 3.63) is 11.1 Å². The van der Waals surface area contributed by atoms with Crippen LogP contribution in [0.3, 0.4) is 0 Å². The van der Waals surface area contributed by atoms with Crippen LogP contribution < -0.4 is 10.2 Å². The van der Waals surface area contributed by atoms with Gasteiger partial charge in [0.1, 0.15) is 5.69 Å². The smallest absolute Gasteiger partial charge is 0.273 e. The first-order chi connectivity index (χ1) is 13.1. The summed E-state index contributed by atoms with van der Waals surface area (Å²) in [5.74, 6) is -0.0781. The molecule has 3 aliphatic rings. The fourth-order valence-electron chi connectivity index (χ4n) is 4.34. The maximum Gasteiger partial charge on any atom is 0.273 e. The largest absolute Gasteiger partial charge is 0.389 e. The number of anilines is 1. The molecule has 7 nitrogen and oxygen atoms in total. The standard InChI is InChI=1S/C19H28N4O3S/c24-16-11-23(10-14(16)20-17(25)13-6-2-3-7-13)18(26)15-12-27-19(21-15)22-8-4-1-5-9-22/h12-14,16,24H,1-11H2,(H,20,25)/t14-,16-/m1/s1. The van der Waals surface area contributed by atoms with Gasteiger partial charge >= 0.3 is 0 Å². The van der Waals surface area contributed by atoms with Crippen LogP contribution in [0.5, 0.6) is 0 Å². The lowest BCUT2D eigenvalue weighted by Gasteiger charge is -2.25. The molecule has 2 saturated heterocycles. The van der Waals surface area contributed by atoms with Gasteiger partial charge in [-0.1, -0.05) is 12.8 Å². The summed E-state index contributed by atoms with van der Waals surface area (Å²) in [5.41, 5.74) is 0.440. The Hall–Kier alpha value is -1.67. The normalized spacial score (nSPS) is 26.6. The molecule has 1 aliphatic carbocycles. The molecule has 0 bridgehead atoms. The molecule has 1 aromatic rings. The van der Waals surface area contributed by atoms with Crippen molar-refractivity contribution in [2.24, 2.45) is 5.92 Å². The van der Waals surface area contributed by atoms with E-state index < -0.39 is 6.10 Å². The quantitative estimate of drug-likeness (QED) is 0.813. The molecule has 8 heteroatoms. The SMILES string of the molecule is O=C(N[C@@H]1CN(C(=O)c2csc(N3CCCCC3)n2)C[C@H]1O)C1CCCC1. The van der Waals surface area contributed by atoms with E-state index in [4.69, 9.17) is 0 Å². The molecule has 2 atom stereocenters. The topological polar surface area (TPSA) is 85.8 Å². The van der Waals surface area contributed by atoms with Crippen LogP contribution in [0.1, 0.15) is 55.4 Å². The van der Waals surface area contributed by atoms with Crippen LogP contribution in [0.15, 0.2) is 5.38 Å². The molecule has 0 unspecified atom stereocenters. The lowest BCUT2D eigenvalue weighted by molar-refractivity contribution is -0.126. The van der Waals surface area contributed by atoms with E-state index in [9.17, 15) is 14.7 Å². The summed E-state index contributed by atoms with van der Waals surface area (Å²) in [5, 5.41) is 16.0. The number of aliphatic hydroxyl groups excluding tert-OH is 1. The van der Waals surface area contributed by atoms with E-state index in [0.29, 0.717) is 12.2 Å². The number of β-amino-alcohol motifs (C(OH)–C–C–N with tert-alkyl or cyclic N) is 1. The Morgan fingerprint density at radius 1 is 1.11 bits per heavy atom. The molecular formula is C19H28N4O3S. The Kier molecular flexibility index (Phi) is 5.63. The van der Waals surface area contributed by atoms with Crippen LogP contribution >= 0.6 is 11.3 Å². The highest BCUT2D eigenvalue weighted by atomic mass is 32.1. The number of aromatic nitrogens is 1. The fourth-order valence-corrected chi connectivity index (χ4v) is 5.19. The predicted octanol–water partition coefficient (Wildman–Crippen LogP) is 1.63. The molecule has 1 saturated carbocycles. The van der Waals surface area contributed by atoms with Crippen LogP contribution in [0.2, 0.25) is 0 Å². The van der Waals surface area contributed by atoms with E-state index in [1.165, 1.54) is 30.6 Å². The van der Waals surface area contributed by atoms with Gasteiger partial charge in [0.25, 0.3) is 5.91 Å². The molecule has 3 fully saturated rings. The average molecular weight is 393 g/mol. The Morgan fingerprint density at radius 3 is 2.59 bits per heavy atom. The summed E-state index contributed by atoms with van der Waals surface area (Å²) in [6.07, 6.45) is 6.92. The van der Waals surface area contributed by atoms with Crippen LogP contribution in [-0.4, -0.2) is 65.1 Å². The highest BCUT2D eigenvalue weighted by molar-refractivity contribution is 7.13. The summed E-state index contributed by atoms with van der Waals surface area (Å²) >= 11 is 1.51. The third-order valence-electron chi connectivity index (χ3n) is 5.97. The second-order valence-corrected chi connectivity index (χ2v) is 8.77. The van der Waals surface area contributed by atoms with E-state index in [1.54, 1.807) is 4.90 Å². The number of rotatable bonds is 4. The zero-order valence-corrected chi connectivity index (χ0v) is 16.4. The molecule has 2 aliphatic heterocycles. The number of nitrogens with zero attached hydrogens (tertiary/aromatic N) is 3.